The number of anilines is 1. The molecule has 0 unspecified atom stereocenters. The van der Waals surface area contributed by atoms with Gasteiger partial charge < -0.3 is 14.6 Å². The van der Waals surface area contributed by atoms with Crippen molar-refractivity contribution >= 4 is 5.69 Å². The van der Waals surface area contributed by atoms with Crippen molar-refractivity contribution in [3.63, 3.8) is 0 Å². The highest BCUT2D eigenvalue weighted by Gasteiger charge is 2.31. The number of halogens is 3. The second kappa shape index (κ2) is 8.58. The van der Waals surface area contributed by atoms with E-state index in [1.807, 2.05) is 24.3 Å². The van der Waals surface area contributed by atoms with Gasteiger partial charge in [-0.1, -0.05) is 12.1 Å². The number of benzene rings is 1. The molecule has 5 nitrogen and oxygen atoms in total. The summed E-state index contributed by atoms with van der Waals surface area (Å²) < 4.78 is 44.8. The SMILES string of the molecule is O=c1ccc(C(F)(F)F)cn1Cc1ccc(NCCN2CCOCC2)cc1. The monoisotopic (exact) mass is 381 g/mol. The molecule has 146 valence electrons. The van der Waals surface area contributed by atoms with Crippen molar-refractivity contribution in [3.8, 4) is 0 Å². The zero-order valence-corrected chi connectivity index (χ0v) is 14.8. The Hall–Kier alpha value is -2.32. The van der Waals surface area contributed by atoms with Crippen LogP contribution in [0.25, 0.3) is 0 Å². The lowest BCUT2D eigenvalue weighted by Gasteiger charge is -2.26. The number of alkyl halides is 3. The summed E-state index contributed by atoms with van der Waals surface area (Å²) in [7, 11) is 0. The smallest absolute Gasteiger partial charge is 0.384 e. The summed E-state index contributed by atoms with van der Waals surface area (Å²) in [5.74, 6) is 0. The molecule has 0 saturated carbocycles. The van der Waals surface area contributed by atoms with Gasteiger partial charge >= 0.3 is 6.18 Å². The first-order valence-electron chi connectivity index (χ1n) is 8.82. The summed E-state index contributed by atoms with van der Waals surface area (Å²) in [6.45, 7) is 5.22. The van der Waals surface area contributed by atoms with Crippen molar-refractivity contribution in [2.45, 2.75) is 12.7 Å². The molecule has 1 aliphatic heterocycles. The molecule has 1 saturated heterocycles. The van der Waals surface area contributed by atoms with Gasteiger partial charge in [-0.05, 0) is 23.8 Å². The highest BCUT2D eigenvalue weighted by atomic mass is 19.4. The van der Waals surface area contributed by atoms with Crippen molar-refractivity contribution in [2.24, 2.45) is 0 Å². The maximum atomic E-state index is 12.8. The Morgan fingerprint density at radius 3 is 2.41 bits per heavy atom. The third kappa shape index (κ3) is 5.58. The molecule has 8 heteroatoms. The van der Waals surface area contributed by atoms with E-state index in [1.54, 1.807) is 0 Å². The maximum absolute atomic E-state index is 12.8. The van der Waals surface area contributed by atoms with Gasteiger partial charge in [0.15, 0.2) is 0 Å². The van der Waals surface area contributed by atoms with Crippen LogP contribution in [0.15, 0.2) is 47.4 Å². The Balaban J connectivity index is 1.57. The Bertz CT molecular complexity index is 797. The molecule has 1 aromatic carbocycles. The number of hydrogen-bond acceptors (Lipinski definition) is 4. The zero-order valence-electron chi connectivity index (χ0n) is 14.8. The first-order valence-corrected chi connectivity index (χ1v) is 8.82. The van der Waals surface area contributed by atoms with Crippen LogP contribution < -0.4 is 10.9 Å². The van der Waals surface area contributed by atoms with Crippen molar-refractivity contribution in [3.05, 3.63) is 64.1 Å². The van der Waals surface area contributed by atoms with Crippen LogP contribution in [0, 0.1) is 0 Å². The number of pyridine rings is 1. The van der Waals surface area contributed by atoms with Gasteiger partial charge in [0, 0.05) is 44.1 Å². The number of nitrogens with zero attached hydrogens (tertiary/aromatic N) is 2. The van der Waals surface area contributed by atoms with E-state index in [0.29, 0.717) is 0 Å². The fraction of sp³-hybridized carbons (Fsp3) is 0.421. The first-order chi connectivity index (χ1) is 12.9. The molecule has 2 heterocycles. The third-order valence-electron chi connectivity index (χ3n) is 4.48. The molecule has 2 aromatic rings. The summed E-state index contributed by atoms with van der Waals surface area (Å²) in [5.41, 5.74) is 0.401. The zero-order chi connectivity index (χ0) is 19.3. The van der Waals surface area contributed by atoms with Crippen LogP contribution in [0.2, 0.25) is 0 Å². The fourth-order valence-corrected chi connectivity index (χ4v) is 2.93. The minimum Gasteiger partial charge on any atom is -0.384 e. The van der Waals surface area contributed by atoms with Crippen LogP contribution in [0.5, 0.6) is 0 Å². The minimum absolute atomic E-state index is 0.0941. The van der Waals surface area contributed by atoms with E-state index in [0.717, 1.165) is 73.5 Å². The minimum atomic E-state index is -4.47. The van der Waals surface area contributed by atoms with Gasteiger partial charge in [0.05, 0.1) is 25.3 Å². The summed E-state index contributed by atoms with van der Waals surface area (Å²) in [6.07, 6.45) is -3.61. The van der Waals surface area contributed by atoms with Crippen molar-refractivity contribution in [1.29, 1.82) is 0 Å². The molecular weight excluding hydrogens is 359 g/mol. The number of nitrogens with one attached hydrogen (secondary N) is 1. The van der Waals surface area contributed by atoms with Crippen LogP contribution in [0.3, 0.4) is 0 Å². The number of rotatable bonds is 6. The molecule has 0 amide bonds. The van der Waals surface area contributed by atoms with E-state index in [4.69, 9.17) is 4.74 Å². The van der Waals surface area contributed by atoms with Gasteiger partial charge in [0.1, 0.15) is 0 Å². The Kier molecular flexibility index (Phi) is 6.18. The molecular formula is C19H22F3N3O2. The average Bonchev–Trinajstić information content (AvgIpc) is 2.65. The lowest BCUT2D eigenvalue weighted by atomic mass is 10.2. The first kappa shape index (κ1) is 19.4. The quantitative estimate of drug-likeness (QED) is 0.836. The van der Waals surface area contributed by atoms with Crippen LogP contribution in [-0.2, 0) is 17.5 Å². The molecule has 1 N–H and O–H groups in total. The van der Waals surface area contributed by atoms with E-state index >= 15 is 0 Å². The van der Waals surface area contributed by atoms with Crippen LogP contribution in [0.4, 0.5) is 18.9 Å². The molecule has 27 heavy (non-hydrogen) atoms. The predicted octanol–water partition coefficient (Wildman–Crippen LogP) is 2.66. The second-order valence-corrected chi connectivity index (χ2v) is 6.46. The lowest BCUT2D eigenvalue weighted by molar-refractivity contribution is -0.138. The van der Waals surface area contributed by atoms with Crippen molar-refractivity contribution in [1.82, 2.24) is 9.47 Å². The number of morpholine rings is 1. The molecule has 1 fully saturated rings. The van der Waals surface area contributed by atoms with Crippen molar-refractivity contribution < 1.29 is 17.9 Å². The van der Waals surface area contributed by atoms with Gasteiger partial charge in [-0.2, -0.15) is 13.2 Å². The van der Waals surface area contributed by atoms with Gasteiger partial charge in [0.2, 0.25) is 0 Å². The Morgan fingerprint density at radius 2 is 1.74 bits per heavy atom. The van der Waals surface area contributed by atoms with Gasteiger partial charge in [-0.3, -0.25) is 9.69 Å². The van der Waals surface area contributed by atoms with E-state index in [2.05, 4.69) is 10.2 Å². The average molecular weight is 381 g/mol. The van der Waals surface area contributed by atoms with Crippen LogP contribution in [0.1, 0.15) is 11.1 Å². The molecule has 0 spiro atoms. The predicted molar refractivity (Wildman–Crippen MR) is 97.0 cm³/mol. The molecule has 1 aromatic heterocycles. The molecule has 0 aliphatic carbocycles. The van der Waals surface area contributed by atoms with E-state index in [1.165, 1.54) is 0 Å². The standard InChI is InChI=1S/C19H22F3N3O2/c20-19(21,22)16-3-6-18(26)25(14-16)13-15-1-4-17(5-2-15)23-7-8-24-9-11-27-12-10-24/h1-6,14,23H,7-13H2. The summed E-state index contributed by atoms with van der Waals surface area (Å²) in [4.78, 5) is 14.2. The molecule has 0 radical (unpaired) electrons. The number of aromatic nitrogens is 1. The van der Waals surface area contributed by atoms with Gasteiger partial charge in [-0.15, -0.1) is 0 Å². The maximum Gasteiger partial charge on any atom is 0.417 e. The highest BCUT2D eigenvalue weighted by molar-refractivity contribution is 5.44. The topological polar surface area (TPSA) is 46.5 Å². The summed E-state index contributed by atoms with van der Waals surface area (Å²) in [5, 5.41) is 3.32. The van der Waals surface area contributed by atoms with E-state index < -0.39 is 17.3 Å². The number of ether oxygens (including phenoxy) is 1. The van der Waals surface area contributed by atoms with Crippen LogP contribution >= 0.6 is 0 Å². The Labute approximate surface area is 155 Å². The normalized spacial score (nSPS) is 15.7. The number of hydrogen-bond donors (Lipinski definition) is 1. The van der Waals surface area contributed by atoms with E-state index in [-0.39, 0.29) is 6.54 Å². The lowest BCUT2D eigenvalue weighted by Crippen LogP contribution is -2.38. The van der Waals surface area contributed by atoms with Gasteiger partial charge in [-0.25, -0.2) is 0 Å². The molecule has 0 atom stereocenters. The third-order valence-corrected chi connectivity index (χ3v) is 4.48. The largest absolute Gasteiger partial charge is 0.417 e. The summed E-state index contributed by atoms with van der Waals surface area (Å²) in [6, 6.07) is 9.11. The molecule has 3 rings (SSSR count). The molecule has 1 aliphatic rings. The van der Waals surface area contributed by atoms with Gasteiger partial charge in [0.25, 0.3) is 5.56 Å². The Morgan fingerprint density at radius 1 is 1.04 bits per heavy atom. The van der Waals surface area contributed by atoms with Crippen molar-refractivity contribution in [2.75, 3.05) is 44.7 Å². The molecule has 0 bridgehead atoms. The second-order valence-electron chi connectivity index (χ2n) is 6.46. The highest BCUT2D eigenvalue weighted by Crippen LogP contribution is 2.28. The fourth-order valence-electron chi connectivity index (χ4n) is 2.93. The van der Waals surface area contributed by atoms with Crippen LogP contribution in [-0.4, -0.2) is 48.9 Å². The van der Waals surface area contributed by atoms with E-state index in [9.17, 15) is 18.0 Å². The summed E-state index contributed by atoms with van der Waals surface area (Å²) >= 11 is 0.